The van der Waals surface area contributed by atoms with Gasteiger partial charge in [-0.15, -0.1) is 8.78 Å². The smallest absolute Gasteiger partial charge is 0.395 e. The highest BCUT2D eigenvalue weighted by molar-refractivity contribution is 6.28. The number of rotatable bonds is 2. The molecule has 0 atom stereocenters. The maximum atomic E-state index is 12.8. The molecular formula is C11H6ClF2N3O2. The number of nitrogens with zero attached hydrogens (tertiary/aromatic N) is 2. The standard InChI is InChI=1S/C11H6ClF2N3O2/c12-10-15-4-3-9(17-10)16-6-1-2-7-8(5-6)19-11(13,14)18-7/h1-5H,(H,15,16,17). The van der Waals surface area contributed by atoms with E-state index in [1.54, 1.807) is 12.1 Å². The Morgan fingerprint density at radius 1 is 1.16 bits per heavy atom. The SMILES string of the molecule is FC1(F)Oc2ccc(Nc3ccnc(Cl)n3)cc2O1. The van der Waals surface area contributed by atoms with Crippen LogP contribution in [-0.4, -0.2) is 16.3 Å². The first-order chi connectivity index (χ1) is 9.02. The summed E-state index contributed by atoms with van der Waals surface area (Å²) in [6.07, 6.45) is -2.15. The van der Waals surface area contributed by atoms with Crippen molar-refractivity contribution < 1.29 is 18.3 Å². The zero-order valence-electron chi connectivity index (χ0n) is 9.23. The van der Waals surface area contributed by atoms with Crippen molar-refractivity contribution in [2.24, 2.45) is 0 Å². The molecule has 1 aromatic carbocycles. The summed E-state index contributed by atoms with van der Waals surface area (Å²) in [6, 6.07) is 5.90. The van der Waals surface area contributed by atoms with E-state index in [4.69, 9.17) is 11.6 Å². The van der Waals surface area contributed by atoms with Crippen LogP contribution < -0.4 is 14.8 Å². The molecule has 0 unspecified atom stereocenters. The van der Waals surface area contributed by atoms with Crippen molar-refractivity contribution in [3.63, 3.8) is 0 Å². The molecule has 1 aliphatic heterocycles. The summed E-state index contributed by atoms with van der Waals surface area (Å²) in [5, 5.41) is 2.97. The van der Waals surface area contributed by atoms with Crippen LogP contribution in [0.5, 0.6) is 11.5 Å². The number of halogens is 3. The predicted octanol–water partition coefficient (Wildman–Crippen LogP) is 3.20. The molecule has 0 bridgehead atoms. The lowest BCUT2D eigenvalue weighted by Gasteiger charge is -2.06. The van der Waals surface area contributed by atoms with Gasteiger partial charge in [-0.1, -0.05) is 0 Å². The molecule has 2 heterocycles. The molecular weight excluding hydrogens is 280 g/mol. The van der Waals surface area contributed by atoms with Gasteiger partial charge in [-0.3, -0.25) is 0 Å². The number of nitrogens with one attached hydrogen (secondary N) is 1. The normalized spacial score (nSPS) is 15.3. The Kier molecular flexibility index (Phi) is 2.63. The van der Waals surface area contributed by atoms with Crippen LogP contribution in [0.15, 0.2) is 30.5 Å². The molecule has 3 rings (SSSR count). The monoisotopic (exact) mass is 285 g/mol. The highest BCUT2D eigenvalue weighted by Gasteiger charge is 2.43. The van der Waals surface area contributed by atoms with Crippen molar-refractivity contribution in [2.75, 3.05) is 5.32 Å². The molecule has 0 radical (unpaired) electrons. The van der Waals surface area contributed by atoms with Crippen LogP contribution in [0.3, 0.4) is 0 Å². The minimum Gasteiger partial charge on any atom is -0.395 e. The number of aromatic nitrogens is 2. The minimum absolute atomic E-state index is 0.0173. The predicted molar refractivity (Wildman–Crippen MR) is 63.0 cm³/mol. The molecule has 0 aliphatic carbocycles. The van der Waals surface area contributed by atoms with Gasteiger partial charge in [0.05, 0.1) is 0 Å². The maximum Gasteiger partial charge on any atom is 0.586 e. The average molecular weight is 286 g/mol. The number of alkyl halides is 2. The van der Waals surface area contributed by atoms with Crippen LogP contribution in [0.4, 0.5) is 20.3 Å². The van der Waals surface area contributed by atoms with Gasteiger partial charge in [0.15, 0.2) is 11.5 Å². The molecule has 5 nitrogen and oxygen atoms in total. The van der Waals surface area contributed by atoms with E-state index in [0.717, 1.165) is 0 Å². The number of hydrogen-bond donors (Lipinski definition) is 1. The summed E-state index contributed by atoms with van der Waals surface area (Å²) in [7, 11) is 0. The lowest BCUT2D eigenvalue weighted by atomic mass is 10.3. The van der Waals surface area contributed by atoms with E-state index in [9.17, 15) is 8.78 Å². The fraction of sp³-hybridized carbons (Fsp3) is 0.0909. The van der Waals surface area contributed by atoms with Gasteiger partial charge in [0.1, 0.15) is 5.82 Å². The first-order valence-electron chi connectivity index (χ1n) is 5.17. The van der Waals surface area contributed by atoms with E-state index in [1.165, 1.54) is 18.3 Å². The number of ether oxygens (including phenoxy) is 2. The van der Waals surface area contributed by atoms with Crippen LogP contribution in [0, 0.1) is 0 Å². The quantitative estimate of drug-likeness (QED) is 0.859. The first kappa shape index (κ1) is 11.9. The third kappa shape index (κ3) is 2.50. The molecule has 0 amide bonds. The third-order valence-electron chi connectivity index (χ3n) is 2.30. The van der Waals surface area contributed by atoms with E-state index < -0.39 is 6.29 Å². The van der Waals surface area contributed by atoms with Crippen LogP contribution in [-0.2, 0) is 0 Å². The summed E-state index contributed by atoms with van der Waals surface area (Å²) in [4.78, 5) is 7.64. The van der Waals surface area contributed by atoms with Crippen molar-refractivity contribution in [2.45, 2.75) is 6.29 Å². The molecule has 1 aromatic heterocycles. The maximum absolute atomic E-state index is 12.8. The molecule has 19 heavy (non-hydrogen) atoms. The van der Waals surface area contributed by atoms with Crippen molar-refractivity contribution in [1.82, 2.24) is 9.97 Å². The third-order valence-corrected chi connectivity index (χ3v) is 2.48. The fourth-order valence-corrected chi connectivity index (χ4v) is 1.73. The summed E-state index contributed by atoms with van der Waals surface area (Å²) >= 11 is 5.64. The van der Waals surface area contributed by atoms with Crippen molar-refractivity contribution in [3.8, 4) is 11.5 Å². The molecule has 0 saturated carbocycles. The van der Waals surface area contributed by atoms with Gasteiger partial charge in [-0.05, 0) is 29.8 Å². The molecule has 0 spiro atoms. The molecule has 98 valence electrons. The van der Waals surface area contributed by atoms with Gasteiger partial charge >= 0.3 is 6.29 Å². The van der Waals surface area contributed by atoms with Gasteiger partial charge in [-0.25, -0.2) is 9.97 Å². The number of benzene rings is 1. The number of hydrogen-bond acceptors (Lipinski definition) is 5. The molecule has 0 fully saturated rings. The Bertz CT molecular complexity index is 639. The number of fused-ring (bicyclic) bond motifs is 1. The Balaban J connectivity index is 1.85. The second-order valence-electron chi connectivity index (χ2n) is 3.66. The summed E-state index contributed by atoms with van der Waals surface area (Å²) in [6.45, 7) is 0. The minimum atomic E-state index is -3.63. The molecule has 2 aromatic rings. The average Bonchev–Trinajstić information content (AvgIpc) is 2.62. The second kappa shape index (κ2) is 4.20. The van der Waals surface area contributed by atoms with Gasteiger partial charge in [-0.2, -0.15) is 0 Å². The Labute approximate surface area is 111 Å². The first-order valence-corrected chi connectivity index (χ1v) is 5.55. The van der Waals surface area contributed by atoms with Gasteiger partial charge in [0, 0.05) is 18.0 Å². The Morgan fingerprint density at radius 3 is 2.74 bits per heavy atom. The van der Waals surface area contributed by atoms with Crippen LogP contribution in [0.2, 0.25) is 5.28 Å². The molecule has 1 aliphatic rings. The van der Waals surface area contributed by atoms with Gasteiger partial charge in [0.25, 0.3) is 0 Å². The Hall–Kier alpha value is -2.15. The van der Waals surface area contributed by atoms with Crippen molar-refractivity contribution in [1.29, 1.82) is 0 Å². The zero-order valence-corrected chi connectivity index (χ0v) is 9.99. The van der Waals surface area contributed by atoms with Crippen molar-refractivity contribution in [3.05, 3.63) is 35.7 Å². The van der Waals surface area contributed by atoms with E-state index in [0.29, 0.717) is 11.5 Å². The van der Waals surface area contributed by atoms with E-state index >= 15 is 0 Å². The molecule has 1 N–H and O–H groups in total. The summed E-state index contributed by atoms with van der Waals surface area (Å²) < 4.78 is 34.3. The lowest BCUT2D eigenvalue weighted by Crippen LogP contribution is -2.25. The van der Waals surface area contributed by atoms with Gasteiger partial charge < -0.3 is 14.8 Å². The molecule has 8 heteroatoms. The summed E-state index contributed by atoms with van der Waals surface area (Å²) in [5.74, 6) is 0.372. The topological polar surface area (TPSA) is 56.3 Å². The second-order valence-corrected chi connectivity index (χ2v) is 4.00. The lowest BCUT2D eigenvalue weighted by molar-refractivity contribution is -0.286. The van der Waals surface area contributed by atoms with E-state index in [-0.39, 0.29) is 16.8 Å². The van der Waals surface area contributed by atoms with Crippen molar-refractivity contribution >= 4 is 23.1 Å². The highest BCUT2D eigenvalue weighted by Crippen LogP contribution is 2.42. The van der Waals surface area contributed by atoms with E-state index in [2.05, 4.69) is 24.8 Å². The summed E-state index contributed by atoms with van der Waals surface area (Å²) in [5.41, 5.74) is 0.509. The Morgan fingerprint density at radius 2 is 1.95 bits per heavy atom. The van der Waals surface area contributed by atoms with Crippen LogP contribution >= 0.6 is 11.6 Å². The zero-order chi connectivity index (χ0) is 13.5. The van der Waals surface area contributed by atoms with Crippen LogP contribution in [0.1, 0.15) is 0 Å². The largest absolute Gasteiger partial charge is 0.586 e. The number of anilines is 2. The van der Waals surface area contributed by atoms with Gasteiger partial charge in [0.2, 0.25) is 5.28 Å². The van der Waals surface area contributed by atoms with E-state index in [1.807, 2.05) is 0 Å². The molecule has 0 saturated heterocycles. The fourth-order valence-electron chi connectivity index (χ4n) is 1.58. The highest BCUT2D eigenvalue weighted by atomic mass is 35.5. The van der Waals surface area contributed by atoms with Crippen LogP contribution in [0.25, 0.3) is 0 Å².